The van der Waals surface area contributed by atoms with Crippen molar-refractivity contribution >= 4 is 23.5 Å². The van der Waals surface area contributed by atoms with E-state index in [1.165, 1.54) is 0 Å². The van der Waals surface area contributed by atoms with Gasteiger partial charge in [-0.2, -0.15) is 0 Å². The minimum atomic E-state index is 0.0879. The van der Waals surface area contributed by atoms with E-state index in [4.69, 9.17) is 0 Å². The van der Waals surface area contributed by atoms with Crippen molar-refractivity contribution in [2.75, 3.05) is 0 Å². The van der Waals surface area contributed by atoms with Crippen LogP contribution >= 0.6 is 23.5 Å². The monoisotopic (exact) mass is 228 g/mol. The maximum absolute atomic E-state index is 3.50. The van der Waals surface area contributed by atoms with Crippen LogP contribution in [0.15, 0.2) is 23.6 Å². The van der Waals surface area contributed by atoms with Crippen molar-refractivity contribution in [2.24, 2.45) is 0 Å². The van der Waals surface area contributed by atoms with Gasteiger partial charge in [0.25, 0.3) is 0 Å². The molecule has 2 atom stereocenters. The van der Waals surface area contributed by atoms with E-state index < -0.39 is 0 Å². The molecule has 0 aliphatic carbocycles. The van der Waals surface area contributed by atoms with Crippen LogP contribution < -0.4 is 0 Å². The average Bonchev–Trinajstić information content (AvgIpc) is 2.76. The summed E-state index contributed by atoms with van der Waals surface area (Å²) in [5.74, 6) is 17.4. The highest BCUT2D eigenvalue weighted by atomic mass is 32.2. The van der Waals surface area contributed by atoms with E-state index in [-0.39, 0.29) is 4.08 Å². The largest absolute Gasteiger partial charge is 0.143 e. The zero-order valence-corrected chi connectivity index (χ0v) is 9.89. The summed E-state index contributed by atoms with van der Waals surface area (Å²) in [7, 11) is 0. The molecule has 0 aromatic rings. The molecule has 2 aliphatic heterocycles. The molecule has 2 unspecified atom stereocenters. The van der Waals surface area contributed by atoms with Gasteiger partial charge in [0.05, 0.1) is 10.2 Å². The molecule has 2 heteroatoms. The molecule has 0 N–H and O–H groups in total. The van der Waals surface area contributed by atoms with E-state index in [2.05, 4.69) is 48.2 Å². The van der Waals surface area contributed by atoms with Crippen molar-refractivity contribution in [3.63, 3.8) is 0 Å². The molecule has 1 fully saturated rings. The lowest BCUT2D eigenvalue weighted by molar-refractivity contribution is 1.23. The molecule has 0 aromatic heterocycles. The molecule has 0 bridgehead atoms. The summed E-state index contributed by atoms with van der Waals surface area (Å²) in [4.78, 5) is 1.10. The number of allylic oxidation sites excluding steroid dienone is 2. The van der Waals surface area contributed by atoms with Crippen molar-refractivity contribution in [1.29, 1.82) is 0 Å². The molecule has 0 radical (unpaired) electrons. The van der Waals surface area contributed by atoms with Gasteiger partial charge in [-0.3, -0.25) is 0 Å². The summed E-state index contributed by atoms with van der Waals surface area (Å²) in [6.07, 6.45) is 3.73. The normalized spacial score (nSPS) is 29.1. The van der Waals surface area contributed by atoms with Crippen LogP contribution in [0, 0.1) is 35.5 Å². The third-order valence-corrected chi connectivity index (χ3v) is 4.91. The Balaban J connectivity index is 2.03. The van der Waals surface area contributed by atoms with Crippen LogP contribution in [-0.2, 0) is 0 Å². The third-order valence-electron chi connectivity index (χ3n) is 1.91. The summed E-state index contributed by atoms with van der Waals surface area (Å²) in [5, 5.41) is 0.534. The maximum Gasteiger partial charge on any atom is 0.143 e. The Bertz CT molecular complexity index is 508. The van der Waals surface area contributed by atoms with E-state index in [1.807, 2.05) is 18.7 Å². The Hall–Kier alpha value is -1.14. The second-order valence-corrected chi connectivity index (χ2v) is 5.87. The molecule has 15 heavy (non-hydrogen) atoms. The zero-order chi connectivity index (χ0) is 10.7. The van der Waals surface area contributed by atoms with E-state index in [0.717, 1.165) is 4.91 Å². The Morgan fingerprint density at radius 2 is 2.40 bits per heavy atom. The molecule has 0 aromatic carbocycles. The molecule has 0 saturated carbocycles. The van der Waals surface area contributed by atoms with E-state index in [0.29, 0.717) is 5.25 Å². The summed E-state index contributed by atoms with van der Waals surface area (Å²) < 4.78 is 0.0879. The first kappa shape index (κ1) is 10.4. The Morgan fingerprint density at radius 1 is 1.53 bits per heavy atom. The van der Waals surface area contributed by atoms with Gasteiger partial charge < -0.3 is 0 Å². The van der Waals surface area contributed by atoms with Gasteiger partial charge in [0, 0.05) is 0 Å². The molecule has 72 valence electrons. The van der Waals surface area contributed by atoms with Crippen LogP contribution in [0.3, 0.4) is 0 Å². The molecule has 1 saturated heterocycles. The second-order valence-electron chi connectivity index (χ2n) is 2.94. The Labute approximate surface area is 99.0 Å². The number of rotatable bonds is 0. The van der Waals surface area contributed by atoms with E-state index >= 15 is 0 Å². The first-order valence-corrected chi connectivity index (χ1v) is 6.15. The van der Waals surface area contributed by atoms with Crippen molar-refractivity contribution in [2.45, 2.75) is 16.3 Å². The van der Waals surface area contributed by atoms with Gasteiger partial charge in [-0.05, 0) is 36.8 Å². The van der Waals surface area contributed by atoms with Crippen LogP contribution in [-0.4, -0.2) is 9.33 Å². The molecular formula is C13H8S2. The quantitative estimate of drug-likeness (QED) is 0.462. The van der Waals surface area contributed by atoms with Gasteiger partial charge in [0.15, 0.2) is 0 Å². The highest BCUT2D eigenvalue weighted by Gasteiger charge is 2.58. The lowest BCUT2D eigenvalue weighted by Gasteiger charge is -1.98. The number of hydrogen-bond acceptors (Lipinski definition) is 2. The first-order chi connectivity index (χ1) is 7.30. The van der Waals surface area contributed by atoms with Crippen molar-refractivity contribution < 1.29 is 0 Å². The van der Waals surface area contributed by atoms with Gasteiger partial charge in [-0.25, -0.2) is 0 Å². The number of fused-ring (bicyclic) bond motifs is 1. The second kappa shape index (κ2) is 4.16. The minimum Gasteiger partial charge on any atom is -0.118 e. The SMILES string of the molecule is C=CC#CC#CC1=CC2SC2(C#CC)S1. The van der Waals surface area contributed by atoms with Crippen LogP contribution in [0.1, 0.15) is 6.92 Å². The Morgan fingerprint density at radius 3 is 3.13 bits per heavy atom. The highest BCUT2D eigenvalue weighted by Crippen LogP contribution is 2.67. The maximum atomic E-state index is 3.50. The van der Waals surface area contributed by atoms with Crippen LogP contribution in [0.25, 0.3) is 0 Å². The third kappa shape index (κ3) is 2.10. The lowest BCUT2D eigenvalue weighted by Crippen LogP contribution is -1.98. The standard InChI is InChI=1S/C13H8S2/c1-3-5-6-7-8-11-10-12-13(14-11,15-12)9-4-2/h3,10,12H,1H2,2H3. The van der Waals surface area contributed by atoms with Gasteiger partial charge in [-0.15, -0.1) is 17.7 Å². The lowest BCUT2D eigenvalue weighted by atomic mass is 10.3. The Kier molecular flexibility index (Phi) is 2.88. The molecule has 2 heterocycles. The van der Waals surface area contributed by atoms with Gasteiger partial charge >= 0.3 is 0 Å². The number of thioether (sulfide) groups is 2. The minimum absolute atomic E-state index is 0.0879. The summed E-state index contributed by atoms with van der Waals surface area (Å²) in [5.41, 5.74) is 0. The fourth-order valence-electron chi connectivity index (χ4n) is 1.26. The van der Waals surface area contributed by atoms with E-state index in [9.17, 15) is 0 Å². The zero-order valence-electron chi connectivity index (χ0n) is 8.26. The van der Waals surface area contributed by atoms with Crippen LogP contribution in [0.5, 0.6) is 0 Å². The fourth-order valence-corrected chi connectivity index (χ4v) is 4.04. The van der Waals surface area contributed by atoms with Gasteiger partial charge in [-0.1, -0.05) is 30.2 Å². The first-order valence-electron chi connectivity index (χ1n) is 4.46. The molecular weight excluding hydrogens is 220 g/mol. The molecule has 0 spiro atoms. The summed E-state index contributed by atoms with van der Waals surface area (Å²) in [6, 6.07) is 0. The topological polar surface area (TPSA) is 0 Å². The van der Waals surface area contributed by atoms with Crippen LogP contribution in [0.2, 0.25) is 0 Å². The predicted octanol–water partition coefficient (Wildman–Crippen LogP) is 2.64. The van der Waals surface area contributed by atoms with E-state index in [1.54, 1.807) is 17.8 Å². The van der Waals surface area contributed by atoms with Crippen molar-refractivity contribution in [3.05, 3.63) is 23.6 Å². The fraction of sp³-hybridized carbons (Fsp3) is 0.231. The van der Waals surface area contributed by atoms with Crippen LogP contribution in [0.4, 0.5) is 0 Å². The van der Waals surface area contributed by atoms with Crippen molar-refractivity contribution in [3.8, 4) is 35.5 Å². The summed E-state index contributed by atoms with van der Waals surface area (Å²) in [6.45, 7) is 5.38. The van der Waals surface area contributed by atoms with Gasteiger partial charge in [0.2, 0.25) is 0 Å². The molecule has 2 aliphatic rings. The highest BCUT2D eigenvalue weighted by molar-refractivity contribution is 8.28. The average molecular weight is 228 g/mol. The molecule has 2 rings (SSSR count). The van der Waals surface area contributed by atoms with Crippen molar-refractivity contribution in [1.82, 2.24) is 0 Å². The number of hydrogen-bond donors (Lipinski definition) is 0. The predicted molar refractivity (Wildman–Crippen MR) is 69.0 cm³/mol. The molecule has 0 nitrogen and oxygen atoms in total. The smallest absolute Gasteiger partial charge is 0.118 e. The van der Waals surface area contributed by atoms with Gasteiger partial charge in [0.1, 0.15) is 4.08 Å². The summed E-state index contributed by atoms with van der Waals surface area (Å²) >= 11 is 3.64. The molecule has 0 amide bonds.